The summed E-state index contributed by atoms with van der Waals surface area (Å²) in [5.41, 5.74) is 1.14. The third kappa shape index (κ3) is 6.34. The molecule has 2 aliphatic rings. The number of nitrogens with zero attached hydrogens (tertiary/aromatic N) is 4. The predicted molar refractivity (Wildman–Crippen MR) is 121 cm³/mol. The minimum atomic E-state index is 0. The van der Waals surface area contributed by atoms with Crippen molar-refractivity contribution < 1.29 is 4.74 Å². The fourth-order valence-corrected chi connectivity index (χ4v) is 4.11. The molecule has 7 heteroatoms. The van der Waals surface area contributed by atoms with Crippen molar-refractivity contribution in [1.82, 2.24) is 20.0 Å². The second-order valence-electron chi connectivity index (χ2n) is 7.74. The SMILES string of the molecule is CCNC(=NCC1CCC(CC)CC1)N1CCOC(c2cnn(C)c2)C1.I. The molecule has 1 atom stereocenters. The molecular formula is C20H36IN5O. The Kier molecular flexibility index (Phi) is 9.35. The molecule has 0 radical (unpaired) electrons. The smallest absolute Gasteiger partial charge is 0.194 e. The van der Waals surface area contributed by atoms with E-state index >= 15 is 0 Å². The molecule has 0 aromatic carbocycles. The van der Waals surface area contributed by atoms with E-state index in [4.69, 9.17) is 9.73 Å². The van der Waals surface area contributed by atoms with Crippen LogP contribution in [0.1, 0.15) is 57.6 Å². The van der Waals surface area contributed by atoms with Gasteiger partial charge in [-0.3, -0.25) is 9.67 Å². The van der Waals surface area contributed by atoms with Gasteiger partial charge in [-0.2, -0.15) is 5.10 Å². The van der Waals surface area contributed by atoms with E-state index in [1.165, 1.54) is 32.1 Å². The molecule has 1 aromatic heterocycles. The Hall–Kier alpha value is -0.830. The van der Waals surface area contributed by atoms with E-state index in [1.54, 1.807) is 0 Å². The summed E-state index contributed by atoms with van der Waals surface area (Å²) in [5, 5.41) is 7.77. The van der Waals surface area contributed by atoms with Crippen molar-refractivity contribution >= 4 is 29.9 Å². The summed E-state index contributed by atoms with van der Waals surface area (Å²) in [6.07, 6.45) is 10.8. The molecular weight excluding hydrogens is 453 g/mol. The Morgan fingerprint density at radius 2 is 2.00 bits per heavy atom. The molecule has 27 heavy (non-hydrogen) atoms. The Labute approximate surface area is 181 Å². The Bertz CT molecular complexity index is 583. The molecule has 1 aliphatic carbocycles. The lowest BCUT2D eigenvalue weighted by Crippen LogP contribution is -2.48. The summed E-state index contributed by atoms with van der Waals surface area (Å²) in [5.74, 6) is 2.74. The first kappa shape index (κ1) is 22.5. The van der Waals surface area contributed by atoms with Crippen LogP contribution in [0.2, 0.25) is 0 Å². The van der Waals surface area contributed by atoms with Crippen LogP contribution in [0.5, 0.6) is 0 Å². The Morgan fingerprint density at radius 1 is 1.26 bits per heavy atom. The van der Waals surface area contributed by atoms with Crippen molar-refractivity contribution in [2.24, 2.45) is 23.9 Å². The van der Waals surface area contributed by atoms with E-state index in [-0.39, 0.29) is 30.1 Å². The standard InChI is InChI=1S/C20H35N5O.HI/c1-4-16-6-8-17(9-7-16)12-22-20(21-5-2)25-10-11-26-19(15-25)18-13-23-24(3)14-18;/h13-14,16-17,19H,4-12,15H2,1-3H3,(H,21,22);1H. The summed E-state index contributed by atoms with van der Waals surface area (Å²) in [4.78, 5) is 7.35. The highest BCUT2D eigenvalue weighted by atomic mass is 127. The van der Waals surface area contributed by atoms with Crippen LogP contribution in [-0.2, 0) is 11.8 Å². The minimum Gasteiger partial charge on any atom is -0.370 e. The van der Waals surface area contributed by atoms with E-state index in [0.717, 1.165) is 56.1 Å². The normalized spacial score (nSPS) is 26.6. The third-order valence-corrected chi connectivity index (χ3v) is 5.84. The summed E-state index contributed by atoms with van der Waals surface area (Å²) in [6, 6.07) is 0. The quantitative estimate of drug-likeness (QED) is 0.390. The lowest BCUT2D eigenvalue weighted by molar-refractivity contribution is -0.00807. The molecule has 3 rings (SSSR count). The van der Waals surface area contributed by atoms with Gasteiger partial charge in [0, 0.05) is 38.4 Å². The van der Waals surface area contributed by atoms with Crippen molar-refractivity contribution in [3.8, 4) is 0 Å². The fourth-order valence-electron chi connectivity index (χ4n) is 4.11. The molecule has 0 spiro atoms. The monoisotopic (exact) mass is 489 g/mol. The van der Waals surface area contributed by atoms with Crippen LogP contribution in [0.4, 0.5) is 0 Å². The summed E-state index contributed by atoms with van der Waals surface area (Å²) < 4.78 is 7.81. The number of nitrogens with one attached hydrogen (secondary N) is 1. The van der Waals surface area contributed by atoms with E-state index in [1.807, 2.05) is 24.1 Å². The van der Waals surface area contributed by atoms with Crippen LogP contribution in [0, 0.1) is 11.8 Å². The number of aromatic nitrogens is 2. The molecule has 2 heterocycles. The molecule has 154 valence electrons. The number of morpholine rings is 1. The first-order chi connectivity index (χ1) is 12.7. The van der Waals surface area contributed by atoms with Gasteiger partial charge in [-0.25, -0.2) is 0 Å². The van der Waals surface area contributed by atoms with Crippen LogP contribution in [-0.4, -0.2) is 53.4 Å². The van der Waals surface area contributed by atoms with Gasteiger partial charge < -0.3 is 15.0 Å². The van der Waals surface area contributed by atoms with Crippen molar-refractivity contribution in [2.75, 3.05) is 32.8 Å². The van der Waals surface area contributed by atoms with Crippen LogP contribution in [0.15, 0.2) is 17.4 Å². The molecule has 0 bridgehead atoms. The zero-order valence-electron chi connectivity index (χ0n) is 17.1. The molecule has 1 aliphatic heterocycles. The zero-order chi connectivity index (χ0) is 18.4. The van der Waals surface area contributed by atoms with Gasteiger partial charge in [0.25, 0.3) is 0 Å². The highest BCUT2D eigenvalue weighted by Crippen LogP contribution is 2.30. The highest BCUT2D eigenvalue weighted by molar-refractivity contribution is 14.0. The molecule has 1 N–H and O–H groups in total. The van der Waals surface area contributed by atoms with Crippen molar-refractivity contribution in [2.45, 2.75) is 52.1 Å². The van der Waals surface area contributed by atoms with Gasteiger partial charge in [0.05, 0.1) is 19.3 Å². The third-order valence-electron chi connectivity index (χ3n) is 5.84. The van der Waals surface area contributed by atoms with Crippen LogP contribution in [0.3, 0.4) is 0 Å². The highest BCUT2D eigenvalue weighted by Gasteiger charge is 2.26. The van der Waals surface area contributed by atoms with Gasteiger partial charge in [-0.1, -0.05) is 26.2 Å². The van der Waals surface area contributed by atoms with E-state index in [0.29, 0.717) is 0 Å². The molecule has 1 aromatic rings. The average Bonchev–Trinajstić information content (AvgIpc) is 3.12. The number of hydrogen-bond donors (Lipinski definition) is 1. The van der Waals surface area contributed by atoms with Gasteiger partial charge in [0.2, 0.25) is 0 Å². The second-order valence-corrected chi connectivity index (χ2v) is 7.74. The minimum absolute atomic E-state index is 0. The fraction of sp³-hybridized carbons (Fsp3) is 0.800. The number of hydrogen-bond acceptors (Lipinski definition) is 3. The van der Waals surface area contributed by atoms with Gasteiger partial charge in [0.15, 0.2) is 5.96 Å². The van der Waals surface area contributed by atoms with Crippen LogP contribution in [0.25, 0.3) is 0 Å². The first-order valence-electron chi connectivity index (χ1n) is 10.3. The average molecular weight is 489 g/mol. The summed E-state index contributed by atoms with van der Waals surface area (Å²) in [6.45, 7) is 8.77. The van der Waals surface area contributed by atoms with Crippen LogP contribution < -0.4 is 5.32 Å². The largest absolute Gasteiger partial charge is 0.370 e. The Morgan fingerprint density at radius 3 is 2.63 bits per heavy atom. The number of halogens is 1. The predicted octanol–water partition coefficient (Wildman–Crippen LogP) is 3.59. The van der Waals surface area contributed by atoms with Gasteiger partial charge in [-0.05, 0) is 31.6 Å². The maximum Gasteiger partial charge on any atom is 0.194 e. The molecule has 1 saturated carbocycles. The van der Waals surface area contributed by atoms with Crippen molar-refractivity contribution in [3.63, 3.8) is 0 Å². The number of aryl methyl sites for hydroxylation is 1. The second kappa shape index (κ2) is 11.2. The lowest BCUT2D eigenvalue weighted by Gasteiger charge is -2.35. The van der Waals surface area contributed by atoms with Gasteiger partial charge >= 0.3 is 0 Å². The molecule has 2 fully saturated rings. The van der Waals surface area contributed by atoms with E-state index < -0.39 is 0 Å². The van der Waals surface area contributed by atoms with E-state index in [2.05, 4.69) is 29.2 Å². The van der Waals surface area contributed by atoms with E-state index in [9.17, 15) is 0 Å². The number of aliphatic imine (C=N–C) groups is 1. The molecule has 6 nitrogen and oxygen atoms in total. The maximum atomic E-state index is 5.98. The van der Waals surface area contributed by atoms with Gasteiger partial charge in [0.1, 0.15) is 6.10 Å². The van der Waals surface area contributed by atoms with Crippen molar-refractivity contribution in [3.05, 3.63) is 18.0 Å². The molecule has 1 saturated heterocycles. The summed E-state index contributed by atoms with van der Waals surface area (Å²) >= 11 is 0. The topological polar surface area (TPSA) is 54.7 Å². The molecule has 1 unspecified atom stereocenters. The number of rotatable bonds is 5. The van der Waals surface area contributed by atoms with Gasteiger partial charge in [-0.15, -0.1) is 24.0 Å². The van der Waals surface area contributed by atoms with Crippen LogP contribution >= 0.6 is 24.0 Å². The molecule has 0 amide bonds. The zero-order valence-corrected chi connectivity index (χ0v) is 19.4. The lowest BCUT2D eigenvalue weighted by atomic mass is 9.81. The Balaban J connectivity index is 0.00000261. The number of ether oxygens (including phenoxy) is 1. The summed E-state index contributed by atoms with van der Waals surface area (Å²) in [7, 11) is 1.95. The number of guanidine groups is 1. The maximum absolute atomic E-state index is 5.98. The van der Waals surface area contributed by atoms with Crippen molar-refractivity contribution in [1.29, 1.82) is 0 Å². The first-order valence-corrected chi connectivity index (χ1v) is 10.3.